The molecule has 4 N–H and O–H groups in total. The second kappa shape index (κ2) is 5.06. The van der Waals surface area contributed by atoms with Gasteiger partial charge in [-0.05, 0) is 0 Å². The van der Waals surface area contributed by atoms with Crippen molar-refractivity contribution in [3.63, 3.8) is 0 Å². The molecule has 0 radical (unpaired) electrons. The van der Waals surface area contributed by atoms with Crippen LogP contribution in [0.25, 0.3) is 0 Å². The van der Waals surface area contributed by atoms with Gasteiger partial charge in [0.2, 0.25) is 0 Å². The van der Waals surface area contributed by atoms with Gasteiger partial charge in [-0.25, -0.2) is 5.01 Å². The molecule has 0 saturated carbocycles. The molecule has 0 bridgehead atoms. The zero-order chi connectivity index (χ0) is 8.81. The molecular weight excluding hydrogens is 154 g/mol. The van der Waals surface area contributed by atoms with Gasteiger partial charge >= 0.3 is 0 Å². The van der Waals surface area contributed by atoms with Gasteiger partial charge in [0.15, 0.2) is 0 Å². The minimum absolute atomic E-state index is 0.0645. The van der Waals surface area contributed by atoms with Crippen molar-refractivity contribution in [1.82, 2.24) is 15.8 Å². The zero-order valence-electron chi connectivity index (χ0n) is 7.08. The van der Waals surface area contributed by atoms with E-state index in [1.54, 1.807) is 0 Å². The predicted molar refractivity (Wildman–Crippen MR) is 46.0 cm³/mol. The number of hydrogen-bond donors (Lipinski definition) is 3. The molecule has 1 aliphatic heterocycles. The molecule has 68 valence electrons. The molecule has 12 heavy (non-hydrogen) atoms. The van der Waals surface area contributed by atoms with Crippen molar-refractivity contribution in [2.24, 2.45) is 5.73 Å². The molecule has 0 aromatic carbocycles. The Balaban J connectivity index is 2.32. The molecule has 1 unspecified atom stereocenters. The molecule has 0 amide bonds. The SMILES string of the molecule is N#CC1CNCCN1NCCN. The van der Waals surface area contributed by atoms with Crippen LogP contribution in [0.15, 0.2) is 0 Å². The van der Waals surface area contributed by atoms with E-state index in [4.69, 9.17) is 11.0 Å². The largest absolute Gasteiger partial charge is 0.329 e. The summed E-state index contributed by atoms with van der Waals surface area (Å²) in [4.78, 5) is 0. The lowest BCUT2D eigenvalue weighted by molar-refractivity contribution is 0.129. The molecule has 0 spiro atoms. The van der Waals surface area contributed by atoms with E-state index in [0.717, 1.165) is 26.2 Å². The van der Waals surface area contributed by atoms with Gasteiger partial charge in [0.25, 0.3) is 0 Å². The van der Waals surface area contributed by atoms with Crippen molar-refractivity contribution in [3.8, 4) is 6.07 Å². The van der Waals surface area contributed by atoms with Gasteiger partial charge in [0, 0.05) is 32.7 Å². The zero-order valence-corrected chi connectivity index (χ0v) is 7.08. The van der Waals surface area contributed by atoms with Gasteiger partial charge in [-0.3, -0.25) is 5.43 Å². The van der Waals surface area contributed by atoms with Crippen LogP contribution in [0.1, 0.15) is 0 Å². The third kappa shape index (κ3) is 2.43. The van der Waals surface area contributed by atoms with Crippen molar-refractivity contribution < 1.29 is 0 Å². The van der Waals surface area contributed by atoms with Crippen molar-refractivity contribution in [3.05, 3.63) is 0 Å². The average Bonchev–Trinajstić information content (AvgIpc) is 2.15. The van der Waals surface area contributed by atoms with E-state index in [1.165, 1.54) is 0 Å². The summed E-state index contributed by atoms with van der Waals surface area (Å²) in [5.41, 5.74) is 8.46. The molecule has 5 nitrogen and oxygen atoms in total. The van der Waals surface area contributed by atoms with Crippen LogP contribution in [0.5, 0.6) is 0 Å². The third-order valence-corrected chi connectivity index (χ3v) is 1.85. The second-order valence-corrected chi connectivity index (χ2v) is 2.74. The third-order valence-electron chi connectivity index (χ3n) is 1.85. The van der Waals surface area contributed by atoms with Gasteiger partial charge in [-0.1, -0.05) is 0 Å². The van der Waals surface area contributed by atoms with E-state index >= 15 is 0 Å². The smallest absolute Gasteiger partial charge is 0.123 e. The van der Waals surface area contributed by atoms with E-state index in [9.17, 15) is 0 Å². The highest BCUT2D eigenvalue weighted by Gasteiger charge is 2.20. The van der Waals surface area contributed by atoms with Crippen molar-refractivity contribution >= 4 is 0 Å². The van der Waals surface area contributed by atoms with Gasteiger partial charge in [0.1, 0.15) is 6.04 Å². The number of nitrogens with zero attached hydrogens (tertiary/aromatic N) is 2. The summed E-state index contributed by atoms with van der Waals surface area (Å²) >= 11 is 0. The van der Waals surface area contributed by atoms with Crippen molar-refractivity contribution in [2.45, 2.75) is 6.04 Å². The Kier molecular flexibility index (Phi) is 3.97. The second-order valence-electron chi connectivity index (χ2n) is 2.74. The Bertz CT molecular complexity index is 164. The molecular formula is C7H15N5. The van der Waals surface area contributed by atoms with E-state index in [-0.39, 0.29) is 6.04 Å². The van der Waals surface area contributed by atoms with Crippen LogP contribution in [-0.2, 0) is 0 Å². The lowest BCUT2D eigenvalue weighted by Crippen LogP contribution is -2.57. The quantitative estimate of drug-likeness (QED) is 0.467. The summed E-state index contributed by atoms with van der Waals surface area (Å²) in [6.45, 7) is 3.85. The average molecular weight is 169 g/mol. The van der Waals surface area contributed by atoms with Crippen LogP contribution in [-0.4, -0.2) is 43.8 Å². The highest BCUT2D eigenvalue weighted by molar-refractivity contribution is 4.94. The van der Waals surface area contributed by atoms with Crippen LogP contribution in [0.3, 0.4) is 0 Å². The fourth-order valence-corrected chi connectivity index (χ4v) is 1.22. The number of nitrogens with two attached hydrogens (primary N) is 1. The standard InChI is InChI=1S/C7H15N5/c8-1-2-11-12-4-3-10-6-7(12)5-9/h7,10-11H,1-4,6,8H2. The number of nitrogens with one attached hydrogen (secondary N) is 2. The lowest BCUT2D eigenvalue weighted by Gasteiger charge is -2.31. The molecule has 0 aliphatic carbocycles. The van der Waals surface area contributed by atoms with Crippen LogP contribution >= 0.6 is 0 Å². The van der Waals surface area contributed by atoms with Gasteiger partial charge in [0.05, 0.1) is 6.07 Å². The highest BCUT2D eigenvalue weighted by atomic mass is 15.5. The maximum absolute atomic E-state index is 8.76. The number of rotatable bonds is 3. The number of piperazine rings is 1. The van der Waals surface area contributed by atoms with E-state index in [0.29, 0.717) is 6.54 Å². The Morgan fingerprint density at radius 2 is 2.58 bits per heavy atom. The van der Waals surface area contributed by atoms with Crippen LogP contribution in [0, 0.1) is 11.3 Å². The molecule has 1 aliphatic rings. The van der Waals surface area contributed by atoms with E-state index in [2.05, 4.69) is 16.8 Å². The topological polar surface area (TPSA) is 77.1 Å². The van der Waals surface area contributed by atoms with E-state index in [1.807, 2.05) is 5.01 Å². The minimum atomic E-state index is -0.0645. The summed E-state index contributed by atoms with van der Waals surface area (Å²) in [6.07, 6.45) is 0. The minimum Gasteiger partial charge on any atom is -0.329 e. The highest BCUT2D eigenvalue weighted by Crippen LogP contribution is 1.96. The van der Waals surface area contributed by atoms with Crippen LogP contribution < -0.4 is 16.5 Å². The number of nitriles is 1. The summed E-state index contributed by atoms with van der Waals surface area (Å²) in [5.74, 6) is 0. The molecule has 1 saturated heterocycles. The predicted octanol–water partition coefficient (Wildman–Crippen LogP) is -1.75. The lowest BCUT2D eigenvalue weighted by atomic mass is 10.2. The number of hydrogen-bond acceptors (Lipinski definition) is 5. The molecule has 0 aromatic heterocycles. The Morgan fingerprint density at radius 3 is 3.25 bits per heavy atom. The normalized spacial score (nSPS) is 25.2. The first kappa shape index (κ1) is 9.42. The summed E-state index contributed by atoms with van der Waals surface area (Å²) in [7, 11) is 0. The number of hydrazine groups is 1. The maximum Gasteiger partial charge on any atom is 0.123 e. The molecule has 5 heteroatoms. The summed E-state index contributed by atoms with van der Waals surface area (Å²) in [6, 6.07) is 2.16. The fraction of sp³-hybridized carbons (Fsp3) is 0.857. The molecule has 1 fully saturated rings. The van der Waals surface area contributed by atoms with Gasteiger partial charge in [-0.15, -0.1) is 0 Å². The van der Waals surface area contributed by atoms with Crippen LogP contribution in [0.2, 0.25) is 0 Å². The Labute approximate surface area is 72.5 Å². The first-order valence-corrected chi connectivity index (χ1v) is 4.19. The Hall–Kier alpha value is -0.670. The Morgan fingerprint density at radius 1 is 1.75 bits per heavy atom. The van der Waals surface area contributed by atoms with Gasteiger partial charge < -0.3 is 11.1 Å². The fourth-order valence-electron chi connectivity index (χ4n) is 1.22. The summed E-state index contributed by atoms with van der Waals surface area (Å²) in [5, 5.41) is 13.9. The molecule has 0 aromatic rings. The van der Waals surface area contributed by atoms with E-state index < -0.39 is 0 Å². The van der Waals surface area contributed by atoms with Crippen molar-refractivity contribution in [1.29, 1.82) is 5.26 Å². The summed E-state index contributed by atoms with van der Waals surface area (Å²) < 4.78 is 0. The van der Waals surface area contributed by atoms with Gasteiger partial charge in [-0.2, -0.15) is 5.26 Å². The maximum atomic E-state index is 8.76. The molecule has 1 heterocycles. The molecule has 1 rings (SSSR count). The van der Waals surface area contributed by atoms with Crippen LogP contribution in [0.4, 0.5) is 0 Å². The van der Waals surface area contributed by atoms with Crippen molar-refractivity contribution in [2.75, 3.05) is 32.7 Å². The monoisotopic (exact) mass is 169 g/mol. The first-order valence-electron chi connectivity index (χ1n) is 4.19. The molecule has 1 atom stereocenters. The first-order chi connectivity index (χ1) is 5.88.